The molecule has 1 aromatic carbocycles. The third-order valence-electron chi connectivity index (χ3n) is 4.97. The Balaban J connectivity index is 2.17. The molecule has 0 radical (unpaired) electrons. The first-order valence-corrected chi connectivity index (χ1v) is 9.66. The Labute approximate surface area is 163 Å². The molecule has 1 aliphatic rings. The number of methoxy groups -OCH3 is 3. The van der Waals surface area contributed by atoms with Gasteiger partial charge in [0.15, 0.2) is 11.5 Å². The van der Waals surface area contributed by atoms with E-state index in [0.29, 0.717) is 23.7 Å². The van der Waals surface area contributed by atoms with E-state index in [1.165, 1.54) is 4.88 Å². The molecular formula is C20H25NO5S. The molecule has 1 saturated heterocycles. The van der Waals surface area contributed by atoms with Gasteiger partial charge in [0.1, 0.15) is 11.8 Å². The van der Waals surface area contributed by atoms with Crippen LogP contribution in [0.4, 0.5) is 0 Å². The molecule has 7 heteroatoms. The number of thiophene rings is 1. The van der Waals surface area contributed by atoms with Crippen LogP contribution in [0, 0.1) is 6.92 Å². The lowest BCUT2D eigenvalue weighted by atomic mass is 10.00. The highest BCUT2D eigenvalue weighted by atomic mass is 32.1. The normalized spacial score (nSPS) is 18.3. The molecule has 6 nitrogen and oxygen atoms in total. The SMILES string of the molecule is COc1cc(OC)c(C(c2ccc(C)s2)N2CCCC2C(=O)O)cc1OC. The second-order valence-corrected chi connectivity index (χ2v) is 7.85. The lowest BCUT2D eigenvalue weighted by Crippen LogP contribution is -2.39. The molecule has 2 atom stereocenters. The Kier molecular flexibility index (Phi) is 5.92. The van der Waals surface area contributed by atoms with E-state index < -0.39 is 12.0 Å². The average molecular weight is 391 g/mol. The highest BCUT2D eigenvalue weighted by Gasteiger charge is 2.39. The van der Waals surface area contributed by atoms with Gasteiger partial charge in [-0.15, -0.1) is 11.3 Å². The van der Waals surface area contributed by atoms with Crippen molar-refractivity contribution in [2.24, 2.45) is 0 Å². The molecular weight excluding hydrogens is 366 g/mol. The van der Waals surface area contributed by atoms with Crippen LogP contribution in [0.3, 0.4) is 0 Å². The Morgan fingerprint density at radius 1 is 1.15 bits per heavy atom. The fourth-order valence-corrected chi connectivity index (χ4v) is 4.74. The predicted octanol–water partition coefficient (Wildman–Crippen LogP) is 3.72. The minimum atomic E-state index is -0.787. The van der Waals surface area contributed by atoms with Gasteiger partial charge in [-0.1, -0.05) is 0 Å². The fraction of sp³-hybridized carbons (Fsp3) is 0.450. The fourth-order valence-electron chi connectivity index (χ4n) is 3.73. The van der Waals surface area contributed by atoms with E-state index in [4.69, 9.17) is 14.2 Å². The maximum absolute atomic E-state index is 11.8. The molecule has 1 N–H and O–H groups in total. The van der Waals surface area contributed by atoms with Crippen LogP contribution in [0.15, 0.2) is 24.3 Å². The summed E-state index contributed by atoms with van der Waals surface area (Å²) >= 11 is 1.67. The van der Waals surface area contributed by atoms with E-state index in [1.54, 1.807) is 38.7 Å². The molecule has 0 aliphatic carbocycles. The average Bonchev–Trinajstić information content (AvgIpc) is 3.31. The molecule has 3 rings (SSSR count). The number of aryl methyl sites for hydroxylation is 1. The first-order chi connectivity index (χ1) is 13.0. The molecule has 0 amide bonds. The summed E-state index contributed by atoms with van der Waals surface area (Å²) in [5, 5.41) is 9.73. The highest BCUT2D eigenvalue weighted by molar-refractivity contribution is 7.12. The molecule has 2 aromatic rings. The molecule has 146 valence electrons. The second-order valence-electron chi connectivity index (χ2n) is 6.53. The van der Waals surface area contributed by atoms with Gasteiger partial charge in [-0.25, -0.2) is 0 Å². The van der Waals surface area contributed by atoms with Crippen LogP contribution in [-0.4, -0.2) is 49.9 Å². The summed E-state index contributed by atoms with van der Waals surface area (Å²) < 4.78 is 16.5. The lowest BCUT2D eigenvalue weighted by molar-refractivity contribution is -0.142. The molecule has 0 bridgehead atoms. The van der Waals surface area contributed by atoms with Crippen LogP contribution < -0.4 is 14.2 Å². The third-order valence-corrected chi connectivity index (χ3v) is 6.03. The van der Waals surface area contributed by atoms with Crippen molar-refractivity contribution in [3.05, 3.63) is 39.6 Å². The number of rotatable bonds is 7. The van der Waals surface area contributed by atoms with Crippen LogP contribution in [-0.2, 0) is 4.79 Å². The van der Waals surface area contributed by atoms with E-state index >= 15 is 0 Å². The van der Waals surface area contributed by atoms with Crippen LogP contribution >= 0.6 is 11.3 Å². The molecule has 0 spiro atoms. The molecule has 1 aliphatic heterocycles. The van der Waals surface area contributed by atoms with Gasteiger partial charge < -0.3 is 19.3 Å². The monoisotopic (exact) mass is 391 g/mol. The summed E-state index contributed by atoms with van der Waals surface area (Å²) in [6, 6.07) is 7.09. The largest absolute Gasteiger partial charge is 0.496 e. The number of benzene rings is 1. The lowest BCUT2D eigenvalue weighted by Gasteiger charge is -2.32. The minimum absolute atomic E-state index is 0.220. The molecule has 27 heavy (non-hydrogen) atoms. The zero-order valence-electron chi connectivity index (χ0n) is 16.0. The highest BCUT2D eigenvalue weighted by Crippen LogP contribution is 2.45. The van der Waals surface area contributed by atoms with E-state index in [0.717, 1.165) is 23.4 Å². The topological polar surface area (TPSA) is 68.2 Å². The van der Waals surface area contributed by atoms with Crippen molar-refractivity contribution in [2.75, 3.05) is 27.9 Å². The number of hydrogen-bond donors (Lipinski definition) is 1. The van der Waals surface area contributed by atoms with Crippen molar-refractivity contribution in [1.82, 2.24) is 4.90 Å². The number of ether oxygens (including phenoxy) is 3. The standard InChI is InChI=1S/C20H25NO5S/c1-12-7-8-18(27-12)19(21-9-5-6-14(21)20(22)23)13-10-16(25-3)17(26-4)11-15(13)24-2/h7-8,10-11,14,19H,5-6,9H2,1-4H3,(H,22,23). The van der Waals surface area contributed by atoms with Gasteiger partial charge in [0.25, 0.3) is 0 Å². The zero-order chi connectivity index (χ0) is 19.6. The van der Waals surface area contributed by atoms with Gasteiger partial charge in [0.05, 0.1) is 27.4 Å². The zero-order valence-corrected chi connectivity index (χ0v) is 16.8. The third kappa shape index (κ3) is 3.75. The maximum atomic E-state index is 11.8. The number of likely N-dealkylation sites (tertiary alicyclic amines) is 1. The Morgan fingerprint density at radius 2 is 1.81 bits per heavy atom. The molecule has 1 aromatic heterocycles. The summed E-state index contributed by atoms with van der Waals surface area (Å²) in [5.41, 5.74) is 0.880. The number of nitrogens with zero attached hydrogens (tertiary/aromatic N) is 1. The number of hydrogen-bond acceptors (Lipinski definition) is 6. The summed E-state index contributed by atoms with van der Waals surface area (Å²) in [5.74, 6) is 1.04. The van der Waals surface area contributed by atoms with Crippen molar-refractivity contribution in [1.29, 1.82) is 0 Å². The number of carboxylic acids is 1. The van der Waals surface area contributed by atoms with Gasteiger partial charge in [-0.05, 0) is 38.0 Å². The van der Waals surface area contributed by atoms with Gasteiger partial charge in [0.2, 0.25) is 0 Å². The first-order valence-electron chi connectivity index (χ1n) is 8.85. The Hall–Kier alpha value is -2.25. The molecule has 1 fully saturated rings. The minimum Gasteiger partial charge on any atom is -0.496 e. The van der Waals surface area contributed by atoms with Crippen molar-refractivity contribution < 1.29 is 24.1 Å². The number of carbonyl (C=O) groups is 1. The number of aliphatic carboxylic acids is 1. The van der Waals surface area contributed by atoms with Crippen molar-refractivity contribution in [2.45, 2.75) is 31.8 Å². The first kappa shape index (κ1) is 19.5. The van der Waals surface area contributed by atoms with Gasteiger partial charge in [-0.3, -0.25) is 9.69 Å². The van der Waals surface area contributed by atoms with E-state index in [1.807, 2.05) is 6.07 Å². The van der Waals surface area contributed by atoms with Gasteiger partial charge in [-0.2, -0.15) is 0 Å². The van der Waals surface area contributed by atoms with Crippen molar-refractivity contribution in [3.63, 3.8) is 0 Å². The van der Waals surface area contributed by atoms with Gasteiger partial charge in [0, 0.05) is 27.9 Å². The smallest absolute Gasteiger partial charge is 0.320 e. The second kappa shape index (κ2) is 8.19. The predicted molar refractivity (Wildman–Crippen MR) is 104 cm³/mol. The Bertz CT molecular complexity index is 819. The molecule has 2 unspecified atom stereocenters. The van der Waals surface area contributed by atoms with Crippen LogP contribution in [0.1, 0.15) is 34.2 Å². The van der Waals surface area contributed by atoms with Crippen LogP contribution in [0.2, 0.25) is 0 Å². The van der Waals surface area contributed by atoms with Crippen molar-refractivity contribution in [3.8, 4) is 17.2 Å². The molecule has 2 heterocycles. The summed E-state index contributed by atoms with van der Waals surface area (Å²) in [6.07, 6.45) is 1.50. The van der Waals surface area contributed by atoms with E-state index in [9.17, 15) is 9.90 Å². The Morgan fingerprint density at radius 3 is 2.37 bits per heavy atom. The quantitative estimate of drug-likeness (QED) is 0.776. The van der Waals surface area contributed by atoms with E-state index in [-0.39, 0.29) is 6.04 Å². The van der Waals surface area contributed by atoms with E-state index in [2.05, 4.69) is 24.0 Å². The summed E-state index contributed by atoms with van der Waals surface area (Å²) in [6.45, 7) is 2.77. The summed E-state index contributed by atoms with van der Waals surface area (Å²) in [7, 11) is 4.78. The van der Waals surface area contributed by atoms with Crippen LogP contribution in [0.25, 0.3) is 0 Å². The molecule has 0 saturated carbocycles. The van der Waals surface area contributed by atoms with Gasteiger partial charge >= 0.3 is 5.97 Å². The summed E-state index contributed by atoms with van der Waals surface area (Å²) in [4.78, 5) is 16.2. The van der Waals surface area contributed by atoms with Crippen LogP contribution in [0.5, 0.6) is 17.2 Å². The van der Waals surface area contributed by atoms with Crippen molar-refractivity contribution >= 4 is 17.3 Å². The maximum Gasteiger partial charge on any atom is 0.320 e. The number of carboxylic acid groups (broad SMARTS) is 1.